The van der Waals surface area contributed by atoms with Gasteiger partial charge in [-0.1, -0.05) is 13.8 Å². The summed E-state index contributed by atoms with van der Waals surface area (Å²) in [6.07, 6.45) is 0.204. The van der Waals surface area contributed by atoms with E-state index in [4.69, 9.17) is 14.9 Å². The average Bonchev–Trinajstić information content (AvgIpc) is 2.13. The third-order valence-corrected chi connectivity index (χ3v) is 1.69. The van der Waals surface area contributed by atoms with Crippen LogP contribution in [0.25, 0.3) is 0 Å². The molecule has 0 unspecified atom stereocenters. The summed E-state index contributed by atoms with van der Waals surface area (Å²) in [5.41, 5.74) is 0. The number of rotatable bonds is 6. The number of carbonyl (C=O) groups excluding carboxylic acids is 1. The Balaban J connectivity index is 3.54. The first-order chi connectivity index (χ1) is 6.60. The number of nitrogens with one attached hydrogen (secondary N) is 1. The van der Waals surface area contributed by atoms with Crippen LogP contribution in [0.1, 0.15) is 20.3 Å². The Morgan fingerprint density at radius 2 is 1.93 bits per heavy atom. The summed E-state index contributed by atoms with van der Waals surface area (Å²) in [6, 6.07) is -0.637. The molecular formula is C9H19NO4. The Hall–Kier alpha value is -0.810. The van der Waals surface area contributed by atoms with Gasteiger partial charge in [0.15, 0.2) is 0 Å². The first-order valence-electron chi connectivity index (χ1n) is 4.75. The quantitative estimate of drug-likeness (QED) is 0.575. The molecule has 0 saturated heterocycles. The number of hydrogen-bond acceptors (Lipinski definition) is 4. The number of aliphatic hydroxyl groups excluding tert-OH is 2. The van der Waals surface area contributed by atoms with Crippen molar-refractivity contribution in [1.29, 1.82) is 0 Å². The summed E-state index contributed by atoms with van der Waals surface area (Å²) in [5.74, 6) is 0.481. The van der Waals surface area contributed by atoms with Crippen LogP contribution in [0.4, 0.5) is 4.79 Å². The van der Waals surface area contributed by atoms with Crippen LogP contribution in [0.3, 0.4) is 0 Å². The number of hydrogen-bond donors (Lipinski definition) is 3. The van der Waals surface area contributed by atoms with Crippen LogP contribution in [0.5, 0.6) is 0 Å². The van der Waals surface area contributed by atoms with E-state index in [-0.39, 0.29) is 13.2 Å². The lowest BCUT2D eigenvalue weighted by Crippen LogP contribution is -2.40. The fraction of sp³-hybridized carbons (Fsp3) is 0.889. The van der Waals surface area contributed by atoms with E-state index in [9.17, 15) is 4.79 Å². The Kier molecular flexibility index (Phi) is 7.14. The zero-order valence-electron chi connectivity index (χ0n) is 8.69. The van der Waals surface area contributed by atoms with Gasteiger partial charge >= 0.3 is 6.09 Å². The summed E-state index contributed by atoms with van der Waals surface area (Å²) < 4.78 is 4.81. The normalized spacial score (nSPS) is 10.7. The van der Waals surface area contributed by atoms with Crippen molar-refractivity contribution in [2.45, 2.75) is 26.3 Å². The highest BCUT2D eigenvalue weighted by Gasteiger charge is 2.10. The van der Waals surface area contributed by atoms with Crippen molar-refractivity contribution < 1.29 is 19.7 Å². The van der Waals surface area contributed by atoms with Crippen molar-refractivity contribution in [2.75, 3.05) is 19.8 Å². The van der Waals surface area contributed by atoms with Gasteiger partial charge in [0.05, 0.1) is 25.9 Å². The number of ether oxygens (including phenoxy) is 1. The van der Waals surface area contributed by atoms with Crippen LogP contribution in [-0.4, -0.2) is 42.2 Å². The first kappa shape index (κ1) is 13.2. The van der Waals surface area contributed by atoms with Crippen LogP contribution in [0.15, 0.2) is 0 Å². The second-order valence-corrected chi connectivity index (χ2v) is 3.52. The van der Waals surface area contributed by atoms with Gasteiger partial charge in [0, 0.05) is 0 Å². The van der Waals surface area contributed by atoms with Gasteiger partial charge in [-0.2, -0.15) is 0 Å². The van der Waals surface area contributed by atoms with Gasteiger partial charge in [0.25, 0.3) is 0 Å². The average molecular weight is 205 g/mol. The van der Waals surface area contributed by atoms with E-state index in [0.29, 0.717) is 12.5 Å². The monoisotopic (exact) mass is 205 g/mol. The Morgan fingerprint density at radius 1 is 1.36 bits per heavy atom. The molecule has 3 N–H and O–H groups in total. The zero-order chi connectivity index (χ0) is 11.0. The van der Waals surface area contributed by atoms with Gasteiger partial charge in [0.2, 0.25) is 0 Å². The summed E-state index contributed by atoms with van der Waals surface area (Å²) in [6.45, 7) is 3.83. The summed E-state index contributed by atoms with van der Waals surface area (Å²) in [7, 11) is 0. The third kappa shape index (κ3) is 6.68. The molecule has 0 saturated carbocycles. The molecule has 0 aliphatic heterocycles. The molecule has 0 aromatic heterocycles. The molecule has 0 spiro atoms. The molecule has 84 valence electrons. The van der Waals surface area contributed by atoms with Crippen molar-refractivity contribution >= 4 is 6.09 Å². The molecule has 5 heteroatoms. The van der Waals surface area contributed by atoms with E-state index < -0.39 is 12.1 Å². The topological polar surface area (TPSA) is 78.8 Å². The van der Waals surface area contributed by atoms with Crippen molar-refractivity contribution in [2.24, 2.45) is 5.92 Å². The largest absolute Gasteiger partial charge is 0.450 e. The lowest BCUT2D eigenvalue weighted by molar-refractivity contribution is 0.118. The maximum absolute atomic E-state index is 11.0. The fourth-order valence-corrected chi connectivity index (χ4v) is 0.745. The van der Waals surface area contributed by atoms with Crippen LogP contribution < -0.4 is 5.32 Å². The van der Waals surface area contributed by atoms with Gasteiger partial charge in [0.1, 0.15) is 0 Å². The highest BCUT2D eigenvalue weighted by atomic mass is 16.5. The number of aliphatic hydroxyl groups is 2. The minimum Gasteiger partial charge on any atom is -0.450 e. The predicted molar refractivity (Wildman–Crippen MR) is 51.9 cm³/mol. The number of amides is 1. The lowest BCUT2D eigenvalue weighted by atomic mass is 10.1. The fourth-order valence-electron chi connectivity index (χ4n) is 0.745. The molecule has 0 aromatic rings. The smallest absolute Gasteiger partial charge is 0.407 e. The third-order valence-electron chi connectivity index (χ3n) is 1.69. The molecule has 0 aliphatic rings. The van der Waals surface area contributed by atoms with Crippen LogP contribution in [0.2, 0.25) is 0 Å². The minimum atomic E-state index is -0.637. The number of carbonyl (C=O) groups is 1. The molecular weight excluding hydrogens is 186 g/mol. The van der Waals surface area contributed by atoms with Gasteiger partial charge in [-0.15, -0.1) is 0 Å². The van der Waals surface area contributed by atoms with Gasteiger partial charge in [-0.25, -0.2) is 4.79 Å². The minimum absolute atomic E-state index is 0.296. The molecule has 0 heterocycles. The second kappa shape index (κ2) is 7.58. The summed E-state index contributed by atoms with van der Waals surface area (Å²) in [4.78, 5) is 11.0. The number of alkyl carbamates (subject to hydrolysis) is 1. The van der Waals surface area contributed by atoms with E-state index >= 15 is 0 Å². The van der Waals surface area contributed by atoms with Crippen molar-refractivity contribution in [3.8, 4) is 0 Å². The van der Waals surface area contributed by atoms with Crippen LogP contribution in [-0.2, 0) is 4.74 Å². The first-order valence-corrected chi connectivity index (χ1v) is 4.75. The predicted octanol–water partition coefficient (Wildman–Crippen LogP) is 0.112. The Labute approximate surface area is 84.1 Å². The molecule has 0 fully saturated rings. The highest BCUT2D eigenvalue weighted by molar-refractivity contribution is 5.67. The molecule has 5 nitrogen and oxygen atoms in total. The Morgan fingerprint density at radius 3 is 2.36 bits per heavy atom. The Bertz CT molecular complexity index is 157. The highest BCUT2D eigenvalue weighted by Crippen LogP contribution is 1.98. The molecule has 0 atom stereocenters. The lowest BCUT2D eigenvalue weighted by Gasteiger charge is -2.13. The second-order valence-electron chi connectivity index (χ2n) is 3.52. The maximum atomic E-state index is 11.0. The summed E-state index contributed by atoms with van der Waals surface area (Å²) in [5, 5.41) is 19.6. The van der Waals surface area contributed by atoms with Crippen LogP contribution >= 0.6 is 0 Å². The van der Waals surface area contributed by atoms with Crippen molar-refractivity contribution in [3.63, 3.8) is 0 Å². The maximum Gasteiger partial charge on any atom is 0.407 e. The van der Waals surface area contributed by atoms with Crippen molar-refractivity contribution in [1.82, 2.24) is 5.32 Å². The molecule has 0 rings (SSSR count). The zero-order valence-corrected chi connectivity index (χ0v) is 8.69. The van der Waals surface area contributed by atoms with E-state index in [1.807, 2.05) is 13.8 Å². The molecule has 0 aliphatic carbocycles. The standard InChI is InChI=1S/C9H19NO4/c1-7(2)3-4-14-9(13)10-8(5-11)6-12/h7-8,11-12H,3-6H2,1-2H3,(H,10,13). The molecule has 0 aromatic carbocycles. The molecule has 0 radical (unpaired) electrons. The van der Waals surface area contributed by atoms with Gasteiger partial charge in [-0.3, -0.25) is 0 Å². The van der Waals surface area contributed by atoms with Gasteiger partial charge < -0.3 is 20.3 Å². The molecule has 0 bridgehead atoms. The van der Waals surface area contributed by atoms with E-state index in [1.165, 1.54) is 0 Å². The van der Waals surface area contributed by atoms with Gasteiger partial charge in [-0.05, 0) is 12.3 Å². The van der Waals surface area contributed by atoms with E-state index in [2.05, 4.69) is 5.32 Å². The summed E-state index contributed by atoms with van der Waals surface area (Å²) >= 11 is 0. The molecule has 14 heavy (non-hydrogen) atoms. The van der Waals surface area contributed by atoms with E-state index in [0.717, 1.165) is 6.42 Å². The SMILES string of the molecule is CC(C)CCOC(=O)NC(CO)CO. The van der Waals surface area contributed by atoms with Crippen molar-refractivity contribution in [3.05, 3.63) is 0 Å². The van der Waals surface area contributed by atoms with E-state index in [1.54, 1.807) is 0 Å². The van der Waals surface area contributed by atoms with Crippen LogP contribution in [0, 0.1) is 5.92 Å². The molecule has 1 amide bonds.